The summed E-state index contributed by atoms with van der Waals surface area (Å²) in [5.74, 6) is -0.956. The van der Waals surface area contributed by atoms with Gasteiger partial charge >= 0.3 is 0 Å². The van der Waals surface area contributed by atoms with Gasteiger partial charge in [0.1, 0.15) is 5.69 Å². The molecule has 0 radical (unpaired) electrons. The van der Waals surface area contributed by atoms with Crippen LogP contribution in [0.25, 0.3) is 10.6 Å². The summed E-state index contributed by atoms with van der Waals surface area (Å²) in [6.07, 6.45) is 1.33. The second kappa shape index (κ2) is 6.24. The fourth-order valence-corrected chi connectivity index (χ4v) is 5.49. The Morgan fingerprint density at radius 3 is 2.26 bits per heavy atom. The number of amides is 1. The van der Waals surface area contributed by atoms with Crippen LogP contribution in [-0.2, 0) is 20.0 Å². The number of carbonyl (C=O) groups is 1. The van der Waals surface area contributed by atoms with Gasteiger partial charge in [-0.3, -0.25) is 10.2 Å². The molecule has 0 unspecified atom stereocenters. The molecule has 126 valence electrons. The van der Waals surface area contributed by atoms with Gasteiger partial charge < -0.3 is 0 Å². The topological polar surface area (TPSA) is 126 Å². The lowest BCUT2D eigenvalue weighted by molar-refractivity contribution is 0.0911. The number of aromatic nitrogens is 2. The molecular formula is C10H12N4O5S4. The first-order valence-electron chi connectivity index (χ1n) is 5.87. The molecule has 1 N–H and O–H groups in total. The molecular weight excluding hydrogens is 384 g/mol. The van der Waals surface area contributed by atoms with E-state index >= 15 is 0 Å². The highest BCUT2D eigenvalue weighted by Gasteiger charge is 2.31. The number of sulfonamides is 2. The van der Waals surface area contributed by atoms with Crippen LogP contribution in [0.4, 0.5) is 0 Å². The monoisotopic (exact) mass is 396 g/mol. The molecule has 2 aromatic rings. The molecule has 9 nitrogen and oxygen atoms in total. The summed E-state index contributed by atoms with van der Waals surface area (Å²) in [5, 5.41) is 2.51. The maximum Gasteiger partial charge on any atom is 0.287 e. The zero-order valence-electron chi connectivity index (χ0n) is 12.2. The number of carbonyl (C=O) groups excluding carboxylic acids is 1. The van der Waals surface area contributed by atoms with E-state index in [0.717, 1.165) is 16.3 Å². The van der Waals surface area contributed by atoms with E-state index in [1.807, 2.05) is 5.43 Å². The van der Waals surface area contributed by atoms with Crippen LogP contribution >= 0.6 is 22.7 Å². The third kappa shape index (κ3) is 4.11. The molecule has 0 saturated carbocycles. The first kappa shape index (κ1) is 17.9. The van der Waals surface area contributed by atoms with Gasteiger partial charge in [0.2, 0.25) is 20.0 Å². The van der Waals surface area contributed by atoms with Gasteiger partial charge in [0.25, 0.3) is 5.91 Å². The maximum atomic E-state index is 12.2. The average Bonchev–Trinajstić information content (AvgIpc) is 3.00. The molecule has 23 heavy (non-hydrogen) atoms. The lowest BCUT2D eigenvalue weighted by Crippen LogP contribution is -2.48. The van der Waals surface area contributed by atoms with Crippen LogP contribution in [0.3, 0.4) is 0 Å². The molecule has 2 heterocycles. The number of hydrogen-bond acceptors (Lipinski definition) is 9. The third-order valence-corrected chi connectivity index (χ3v) is 7.06. The van der Waals surface area contributed by atoms with Crippen molar-refractivity contribution in [1.82, 2.24) is 19.2 Å². The fraction of sp³-hybridized carbons (Fsp3) is 0.300. The summed E-state index contributed by atoms with van der Waals surface area (Å²) in [6, 6.07) is 0. The summed E-state index contributed by atoms with van der Waals surface area (Å²) in [4.78, 5) is 20.8. The van der Waals surface area contributed by atoms with Gasteiger partial charge in [0.05, 0.1) is 33.6 Å². The lowest BCUT2D eigenvalue weighted by Gasteiger charge is -2.17. The lowest BCUT2D eigenvalue weighted by atomic mass is 10.3. The zero-order valence-corrected chi connectivity index (χ0v) is 15.4. The zero-order chi connectivity index (χ0) is 17.4. The molecule has 0 bridgehead atoms. The number of thiazole rings is 2. The Hall–Kier alpha value is -1.41. The Kier molecular flexibility index (Phi) is 4.86. The average molecular weight is 396 g/mol. The molecule has 13 heteroatoms. The summed E-state index contributed by atoms with van der Waals surface area (Å²) in [7, 11) is -8.41. The van der Waals surface area contributed by atoms with Gasteiger partial charge in [-0.05, 0) is 10.7 Å². The highest BCUT2D eigenvalue weighted by atomic mass is 32.3. The molecule has 0 aliphatic carbocycles. The van der Waals surface area contributed by atoms with Crippen LogP contribution in [0.2, 0.25) is 0 Å². The van der Waals surface area contributed by atoms with Crippen LogP contribution in [0.15, 0.2) is 10.9 Å². The predicted octanol–water partition coefficient (Wildman–Crippen LogP) is 0.441. The number of nitrogens with zero attached hydrogens (tertiary/aromatic N) is 3. The molecule has 0 aromatic carbocycles. The van der Waals surface area contributed by atoms with Crippen molar-refractivity contribution < 1.29 is 21.6 Å². The van der Waals surface area contributed by atoms with Gasteiger partial charge in [0, 0.05) is 5.38 Å². The molecule has 2 aromatic heterocycles. The minimum atomic E-state index is -4.21. The first-order chi connectivity index (χ1) is 10.5. The standard InChI is InChI=1S/C10H12N4O5S4/c1-6-12-7(4-20-6)9-8(11-5-21-9)10(15)13-14(22(2,16)17)23(3,18)19/h4-5H,1-3H3,(H,13,15). The second-order valence-corrected chi connectivity index (χ2v) is 10.3. The Balaban J connectivity index is 2.37. The number of rotatable bonds is 5. The van der Waals surface area contributed by atoms with Gasteiger partial charge in [-0.1, -0.05) is 0 Å². The highest BCUT2D eigenvalue weighted by Crippen LogP contribution is 2.28. The van der Waals surface area contributed by atoms with E-state index in [2.05, 4.69) is 9.97 Å². The first-order valence-corrected chi connectivity index (χ1v) is 11.3. The van der Waals surface area contributed by atoms with E-state index in [1.54, 1.807) is 12.3 Å². The number of aryl methyl sites for hydroxylation is 1. The van der Waals surface area contributed by atoms with E-state index in [1.165, 1.54) is 16.8 Å². The van der Waals surface area contributed by atoms with E-state index in [0.29, 0.717) is 23.1 Å². The van der Waals surface area contributed by atoms with Gasteiger partial charge in [0.15, 0.2) is 0 Å². The van der Waals surface area contributed by atoms with Crippen LogP contribution in [0.5, 0.6) is 0 Å². The van der Waals surface area contributed by atoms with E-state index in [-0.39, 0.29) is 9.51 Å². The van der Waals surface area contributed by atoms with Crippen molar-refractivity contribution in [3.8, 4) is 10.6 Å². The molecule has 0 aliphatic heterocycles. The van der Waals surface area contributed by atoms with Crippen LogP contribution in [0.1, 0.15) is 15.5 Å². The predicted molar refractivity (Wildman–Crippen MR) is 87.0 cm³/mol. The SMILES string of the molecule is Cc1nc(-c2scnc2C(=O)NN(S(C)(=O)=O)S(C)(=O)=O)cs1. The van der Waals surface area contributed by atoms with Crippen molar-refractivity contribution in [3.05, 3.63) is 21.6 Å². The van der Waals surface area contributed by atoms with E-state index < -0.39 is 26.0 Å². The van der Waals surface area contributed by atoms with Crippen molar-refractivity contribution in [1.29, 1.82) is 0 Å². The van der Waals surface area contributed by atoms with Gasteiger partial charge in [-0.15, -0.1) is 22.7 Å². The van der Waals surface area contributed by atoms with E-state index in [9.17, 15) is 21.6 Å². The molecule has 0 saturated heterocycles. The molecule has 1 amide bonds. The molecule has 0 atom stereocenters. The summed E-state index contributed by atoms with van der Waals surface area (Å²) in [5.41, 5.74) is 3.67. The van der Waals surface area contributed by atoms with Crippen molar-refractivity contribution in [2.45, 2.75) is 6.92 Å². The minimum absolute atomic E-state index is 0.0856. The Bertz CT molecular complexity index is 912. The largest absolute Gasteiger partial charge is 0.287 e. The molecule has 0 aliphatic rings. The van der Waals surface area contributed by atoms with Crippen LogP contribution in [-0.4, -0.2) is 49.0 Å². The minimum Gasteiger partial charge on any atom is -0.266 e. The number of hydrazine groups is 1. The Labute approximate surface area is 141 Å². The summed E-state index contributed by atoms with van der Waals surface area (Å²) in [6.45, 7) is 1.80. The van der Waals surface area contributed by atoms with Crippen molar-refractivity contribution >= 4 is 48.6 Å². The highest BCUT2D eigenvalue weighted by molar-refractivity contribution is 8.03. The van der Waals surface area contributed by atoms with Crippen molar-refractivity contribution in [2.75, 3.05) is 12.5 Å². The van der Waals surface area contributed by atoms with Crippen LogP contribution < -0.4 is 5.43 Å². The molecule has 0 fully saturated rings. The fourth-order valence-electron chi connectivity index (χ4n) is 1.60. The summed E-state index contributed by atoms with van der Waals surface area (Å²) < 4.78 is 46.1. The quantitative estimate of drug-likeness (QED) is 0.727. The Morgan fingerprint density at radius 1 is 1.17 bits per heavy atom. The normalized spacial score (nSPS) is 12.5. The molecule has 0 spiro atoms. The van der Waals surface area contributed by atoms with Gasteiger partial charge in [-0.25, -0.2) is 26.8 Å². The second-order valence-electron chi connectivity index (χ2n) is 4.45. The van der Waals surface area contributed by atoms with Crippen LogP contribution in [0, 0.1) is 6.92 Å². The third-order valence-electron chi connectivity index (χ3n) is 2.43. The molecule has 2 rings (SSSR count). The van der Waals surface area contributed by atoms with Gasteiger partial charge in [-0.2, -0.15) is 0 Å². The van der Waals surface area contributed by atoms with Crippen molar-refractivity contribution in [3.63, 3.8) is 0 Å². The smallest absolute Gasteiger partial charge is 0.266 e. The summed E-state index contributed by atoms with van der Waals surface area (Å²) >= 11 is 2.52. The number of nitrogens with one attached hydrogen (secondary N) is 1. The Morgan fingerprint density at radius 2 is 1.78 bits per heavy atom. The number of hydrogen-bond donors (Lipinski definition) is 1. The van der Waals surface area contributed by atoms with E-state index in [4.69, 9.17) is 0 Å². The maximum absolute atomic E-state index is 12.2. The van der Waals surface area contributed by atoms with Crippen molar-refractivity contribution in [2.24, 2.45) is 0 Å².